The van der Waals surface area contributed by atoms with E-state index in [2.05, 4.69) is 22.8 Å². The van der Waals surface area contributed by atoms with E-state index in [1.165, 1.54) is 5.56 Å². The molecular weight excluding hydrogens is 416 g/mol. The van der Waals surface area contributed by atoms with Crippen LogP contribution in [-0.2, 0) is 19.5 Å². The number of aromatic hydroxyl groups is 1. The van der Waals surface area contributed by atoms with Crippen molar-refractivity contribution in [3.05, 3.63) is 95.6 Å². The van der Waals surface area contributed by atoms with Gasteiger partial charge in [0.2, 0.25) is 0 Å². The normalized spacial score (nSPS) is 13.9. The molecule has 176 valence electrons. The Morgan fingerprint density at radius 2 is 1.39 bits per heavy atom. The van der Waals surface area contributed by atoms with Crippen molar-refractivity contribution in [2.45, 2.75) is 44.6 Å². The van der Waals surface area contributed by atoms with E-state index in [9.17, 15) is 15.3 Å². The molecule has 6 nitrogen and oxygen atoms in total. The lowest BCUT2D eigenvalue weighted by molar-refractivity contribution is 0.119. The Hall–Kier alpha value is -2.90. The summed E-state index contributed by atoms with van der Waals surface area (Å²) in [5, 5.41) is 36.4. The Labute approximate surface area is 195 Å². The highest BCUT2D eigenvalue weighted by molar-refractivity contribution is 5.34. The second-order valence-electron chi connectivity index (χ2n) is 8.18. The molecule has 0 aliphatic heterocycles. The first-order chi connectivity index (χ1) is 16.1. The Morgan fingerprint density at radius 1 is 0.758 bits per heavy atom. The monoisotopic (exact) mass is 450 g/mol. The van der Waals surface area contributed by atoms with Gasteiger partial charge in [-0.1, -0.05) is 66.7 Å². The van der Waals surface area contributed by atoms with Gasteiger partial charge in [0.1, 0.15) is 17.6 Å². The highest BCUT2D eigenvalue weighted by atomic mass is 16.5. The molecule has 0 saturated heterocycles. The third kappa shape index (κ3) is 7.58. The first-order valence-corrected chi connectivity index (χ1v) is 11.3. The van der Waals surface area contributed by atoms with E-state index in [-0.39, 0.29) is 37.2 Å². The molecule has 0 aliphatic rings. The third-order valence-corrected chi connectivity index (χ3v) is 5.72. The average molecular weight is 451 g/mol. The van der Waals surface area contributed by atoms with E-state index < -0.39 is 0 Å². The highest BCUT2D eigenvalue weighted by Gasteiger charge is 2.19. The van der Waals surface area contributed by atoms with Crippen LogP contribution < -0.4 is 15.4 Å². The van der Waals surface area contributed by atoms with Crippen molar-refractivity contribution < 1.29 is 20.1 Å². The van der Waals surface area contributed by atoms with Gasteiger partial charge in [-0.3, -0.25) is 0 Å². The second-order valence-corrected chi connectivity index (χ2v) is 8.18. The predicted molar refractivity (Wildman–Crippen MR) is 130 cm³/mol. The number of nitrogens with one attached hydrogen (secondary N) is 2. The molecule has 3 atom stereocenters. The Balaban J connectivity index is 1.58. The van der Waals surface area contributed by atoms with E-state index in [0.29, 0.717) is 13.1 Å². The average Bonchev–Trinajstić information content (AvgIpc) is 2.84. The van der Waals surface area contributed by atoms with Gasteiger partial charge in [-0.25, -0.2) is 0 Å². The molecule has 33 heavy (non-hydrogen) atoms. The van der Waals surface area contributed by atoms with Crippen LogP contribution in [0, 0.1) is 0 Å². The maximum Gasteiger partial charge on any atom is 0.124 e. The van der Waals surface area contributed by atoms with Crippen molar-refractivity contribution in [2.75, 3.05) is 13.2 Å². The number of phenols is 1. The van der Waals surface area contributed by atoms with Crippen molar-refractivity contribution in [1.29, 1.82) is 0 Å². The van der Waals surface area contributed by atoms with Gasteiger partial charge in [0.05, 0.1) is 19.3 Å². The molecule has 5 N–H and O–H groups in total. The van der Waals surface area contributed by atoms with Gasteiger partial charge in [-0.15, -0.1) is 0 Å². The molecule has 0 spiro atoms. The molecule has 0 aromatic heterocycles. The van der Waals surface area contributed by atoms with Gasteiger partial charge in [-0.2, -0.15) is 0 Å². The number of phenolic OH excluding ortho intramolecular Hbond substituents is 1. The molecule has 0 heterocycles. The molecule has 0 fully saturated rings. The summed E-state index contributed by atoms with van der Waals surface area (Å²) >= 11 is 0. The van der Waals surface area contributed by atoms with Crippen LogP contribution in [0.15, 0.2) is 78.9 Å². The highest BCUT2D eigenvalue weighted by Crippen LogP contribution is 2.21. The number of ether oxygens (including phenoxy) is 1. The Morgan fingerprint density at radius 3 is 2.09 bits per heavy atom. The minimum atomic E-state index is -0.311. The topological polar surface area (TPSA) is 94.0 Å². The van der Waals surface area contributed by atoms with Gasteiger partial charge >= 0.3 is 0 Å². The largest absolute Gasteiger partial charge is 0.508 e. The van der Waals surface area contributed by atoms with Gasteiger partial charge in [0, 0.05) is 30.3 Å². The van der Waals surface area contributed by atoms with E-state index >= 15 is 0 Å². The number of hydrogen-bond acceptors (Lipinski definition) is 6. The molecule has 0 amide bonds. The minimum Gasteiger partial charge on any atom is -0.508 e. The maximum absolute atomic E-state index is 9.97. The molecule has 0 radical (unpaired) electrons. The molecule has 0 bridgehead atoms. The minimum absolute atomic E-state index is 0.0388. The van der Waals surface area contributed by atoms with E-state index in [0.717, 1.165) is 23.3 Å². The SMILES string of the molecule is CC(Oc1ccccc1CNC(CO)Cc1ccccc1)C(CO)NCc1ccccc1O. The van der Waals surface area contributed by atoms with Crippen LogP contribution in [0.25, 0.3) is 0 Å². The molecule has 0 saturated carbocycles. The lowest BCUT2D eigenvalue weighted by atomic mass is 10.1. The molecule has 0 aliphatic carbocycles. The van der Waals surface area contributed by atoms with E-state index in [1.807, 2.05) is 61.5 Å². The predicted octanol–water partition coefficient (Wildman–Crippen LogP) is 3.00. The molecule has 3 aromatic rings. The van der Waals surface area contributed by atoms with Crippen molar-refractivity contribution in [2.24, 2.45) is 0 Å². The summed E-state index contributed by atoms with van der Waals surface area (Å²) in [4.78, 5) is 0. The summed E-state index contributed by atoms with van der Waals surface area (Å²) in [6.07, 6.45) is 0.430. The zero-order valence-corrected chi connectivity index (χ0v) is 19.0. The second kappa shape index (κ2) is 13.0. The van der Waals surface area contributed by atoms with Crippen molar-refractivity contribution >= 4 is 0 Å². The summed E-state index contributed by atoms with van der Waals surface area (Å²) in [6.45, 7) is 2.83. The number of rotatable bonds is 13. The van der Waals surface area contributed by atoms with E-state index in [4.69, 9.17) is 4.74 Å². The van der Waals surface area contributed by atoms with Crippen LogP contribution in [0.1, 0.15) is 23.6 Å². The summed E-state index contributed by atoms with van der Waals surface area (Å²) in [5.41, 5.74) is 2.91. The van der Waals surface area contributed by atoms with Gasteiger partial charge in [-0.05, 0) is 31.0 Å². The first kappa shape index (κ1) is 24.7. The lowest BCUT2D eigenvalue weighted by Gasteiger charge is -2.26. The van der Waals surface area contributed by atoms with Crippen molar-refractivity contribution in [3.8, 4) is 11.5 Å². The van der Waals surface area contributed by atoms with Gasteiger partial charge < -0.3 is 30.7 Å². The smallest absolute Gasteiger partial charge is 0.124 e. The van der Waals surface area contributed by atoms with Crippen LogP contribution in [0.2, 0.25) is 0 Å². The fourth-order valence-electron chi connectivity index (χ4n) is 3.68. The van der Waals surface area contributed by atoms with Crippen LogP contribution in [0.5, 0.6) is 11.5 Å². The molecule has 3 aromatic carbocycles. The van der Waals surface area contributed by atoms with Gasteiger partial charge in [0.15, 0.2) is 0 Å². The molecule has 3 unspecified atom stereocenters. The summed E-state index contributed by atoms with van der Waals surface area (Å²) < 4.78 is 6.21. The summed E-state index contributed by atoms with van der Waals surface area (Å²) in [6, 6.07) is 24.6. The van der Waals surface area contributed by atoms with Crippen molar-refractivity contribution in [3.63, 3.8) is 0 Å². The maximum atomic E-state index is 9.97. The Bertz CT molecular complexity index is 967. The fraction of sp³-hybridized carbons (Fsp3) is 0.333. The quantitative estimate of drug-likeness (QED) is 0.275. The number of para-hydroxylation sites is 2. The zero-order chi connectivity index (χ0) is 23.5. The first-order valence-electron chi connectivity index (χ1n) is 11.3. The van der Waals surface area contributed by atoms with Crippen LogP contribution in [0.4, 0.5) is 0 Å². The van der Waals surface area contributed by atoms with Crippen LogP contribution >= 0.6 is 0 Å². The summed E-state index contributed by atoms with van der Waals surface area (Å²) in [7, 11) is 0. The Kier molecular flexibility index (Phi) is 9.72. The standard InChI is InChI=1S/C27H34N2O4/c1-20(25(19-31)29-16-22-11-5-7-13-26(22)32)33-27-14-8-6-12-23(27)17-28-24(18-30)15-21-9-3-2-4-10-21/h2-14,20,24-25,28-32H,15-19H2,1H3. The van der Waals surface area contributed by atoms with Crippen LogP contribution in [-0.4, -0.2) is 46.7 Å². The number of benzene rings is 3. The molecule has 3 rings (SSSR count). The number of aliphatic hydroxyl groups excluding tert-OH is 2. The van der Waals surface area contributed by atoms with Gasteiger partial charge in [0.25, 0.3) is 0 Å². The fourth-order valence-corrected chi connectivity index (χ4v) is 3.68. The van der Waals surface area contributed by atoms with E-state index in [1.54, 1.807) is 12.1 Å². The lowest BCUT2D eigenvalue weighted by Crippen LogP contribution is -2.44. The van der Waals surface area contributed by atoms with Crippen molar-refractivity contribution in [1.82, 2.24) is 10.6 Å². The number of hydrogen-bond donors (Lipinski definition) is 5. The molecule has 6 heteroatoms. The molecular formula is C27H34N2O4. The zero-order valence-electron chi connectivity index (χ0n) is 19.0. The third-order valence-electron chi connectivity index (χ3n) is 5.72. The van der Waals surface area contributed by atoms with Crippen LogP contribution in [0.3, 0.4) is 0 Å². The number of aliphatic hydroxyl groups is 2. The summed E-state index contributed by atoms with van der Waals surface area (Å²) in [5.74, 6) is 0.956.